The third kappa shape index (κ3) is 10.5. The van der Waals surface area contributed by atoms with E-state index in [0.29, 0.717) is 29.6 Å². The Labute approximate surface area is 285 Å². The molecule has 2 nitrogen and oxygen atoms in total. The van der Waals surface area contributed by atoms with Crippen molar-refractivity contribution < 1.29 is 0 Å². The number of hydrogen-bond acceptors (Lipinski definition) is 2. The van der Waals surface area contributed by atoms with Crippen LogP contribution in [0.1, 0.15) is 223 Å². The lowest BCUT2D eigenvalue weighted by atomic mass is 9.55. The summed E-state index contributed by atoms with van der Waals surface area (Å²) in [4.78, 5) is 6.27. The lowest BCUT2D eigenvalue weighted by molar-refractivity contribution is 0.0424. The maximum Gasteiger partial charge on any atom is 0.104 e. The van der Waals surface area contributed by atoms with Gasteiger partial charge in [0.15, 0.2) is 0 Å². The average molecular weight is 629 g/mol. The van der Waals surface area contributed by atoms with Gasteiger partial charge in [-0.2, -0.15) is 0 Å². The molecule has 266 valence electrons. The van der Waals surface area contributed by atoms with Crippen molar-refractivity contribution >= 4 is 5.84 Å². The second kappa shape index (κ2) is 20.8. The average Bonchev–Trinajstić information content (AvgIpc) is 3.04. The summed E-state index contributed by atoms with van der Waals surface area (Å²) < 4.78 is 0. The van der Waals surface area contributed by atoms with E-state index in [9.17, 15) is 0 Å². The fourth-order valence-corrected chi connectivity index (χ4v) is 9.97. The first kappa shape index (κ1) is 40.6. The number of aliphatic imine (C=N–C) groups is 1. The van der Waals surface area contributed by atoms with Gasteiger partial charge in [0.1, 0.15) is 5.84 Å². The number of unbranched alkanes of at least 4 members (excludes halogenated alkanes) is 10. The summed E-state index contributed by atoms with van der Waals surface area (Å²) in [6, 6.07) is 0. The molecule has 6 unspecified atom stereocenters. The van der Waals surface area contributed by atoms with Crippen molar-refractivity contribution in [2.45, 2.75) is 234 Å². The lowest BCUT2D eigenvalue weighted by Crippen LogP contribution is -2.68. The molecule has 2 heterocycles. The molecule has 0 amide bonds. The summed E-state index contributed by atoms with van der Waals surface area (Å²) in [6.45, 7) is 24.9. The van der Waals surface area contributed by atoms with E-state index in [0.717, 1.165) is 0 Å². The number of rotatable bonds is 25. The van der Waals surface area contributed by atoms with Crippen LogP contribution in [0.15, 0.2) is 4.99 Å². The number of amidine groups is 1. The Morgan fingerprint density at radius 2 is 0.822 bits per heavy atom. The molecule has 1 N–H and O–H groups in total. The Bertz CT molecular complexity index is 768. The summed E-state index contributed by atoms with van der Waals surface area (Å²) in [5.41, 5.74) is 0.530. The molecule has 1 fully saturated rings. The van der Waals surface area contributed by atoms with E-state index in [1.807, 2.05) is 0 Å². The topological polar surface area (TPSA) is 24.4 Å². The maximum atomic E-state index is 6.27. The van der Waals surface area contributed by atoms with E-state index < -0.39 is 0 Å². The predicted molar refractivity (Wildman–Crippen MR) is 203 cm³/mol. The third-order valence-corrected chi connectivity index (χ3v) is 13.7. The zero-order valence-corrected chi connectivity index (χ0v) is 32.8. The van der Waals surface area contributed by atoms with Gasteiger partial charge >= 0.3 is 0 Å². The van der Waals surface area contributed by atoms with Crippen LogP contribution >= 0.6 is 0 Å². The standard InChI is InChI=1S/C43H84N2/c1-11-16-21-26-35(6)41-31-33-42(36(7)27-22-17-12-2,37(8)28-23-18-13-3)44-40(41)45-43(34-32-41,38(9)29-24-19-14-4)39(10)30-25-20-15-5/h35-39H,11-34H2,1-10H3,(H,44,45). The number of piperidine rings is 1. The highest BCUT2D eigenvalue weighted by Gasteiger charge is 2.57. The molecule has 45 heavy (non-hydrogen) atoms. The first-order valence-electron chi connectivity index (χ1n) is 21.0. The van der Waals surface area contributed by atoms with Crippen molar-refractivity contribution in [1.82, 2.24) is 5.32 Å². The molecule has 1 saturated heterocycles. The Morgan fingerprint density at radius 1 is 0.467 bits per heavy atom. The van der Waals surface area contributed by atoms with Crippen molar-refractivity contribution in [3.05, 3.63) is 0 Å². The Hall–Kier alpha value is -0.530. The van der Waals surface area contributed by atoms with Crippen LogP contribution < -0.4 is 5.32 Å². The molecule has 2 aliphatic heterocycles. The minimum absolute atomic E-state index is 0.0937. The van der Waals surface area contributed by atoms with Crippen molar-refractivity contribution in [1.29, 1.82) is 0 Å². The molecular formula is C43H84N2. The smallest absolute Gasteiger partial charge is 0.104 e. The normalized spacial score (nSPS) is 28.4. The molecule has 0 bridgehead atoms. The largest absolute Gasteiger partial charge is 0.367 e. The van der Waals surface area contributed by atoms with Gasteiger partial charge in [0.25, 0.3) is 0 Å². The zero-order chi connectivity index (χ0) is 33.3. The van der Waals surface area contributed by atoms with Crippen LogP contribution in [0.2, 0.25) is 0 Å². The molecule has 0 aromatic rings. The van der Waals surface area contributed by atoms with Gasteiger partial charge < -0.3 is 5.32 Å². The molecule has 0 radical (unpaired) electrons. The Morgan fingerprint density at radius 3 is 1.22 bits per heavy atom. The number of fused-ring (bicyclic) bond motifs is 1. The Balaban J connectivity index is 2.65. The lowest BCUT2D eigenvalue weighted by Gasteiger charge is -2.60. The number of hydrogen-bond donors (Lipinski definition) is 1. The second-order valence-corrected chi connectivity index (χ2v) is 16.8. The molecule has 0 aliphatic carbocycles. The summed E-state index contributed by atoms with van der Waals surface area (Å²) in [5, 5.41) is 4.58. The summed E-state index contributed by atoms with van der Waals surface area (Å²) in [5.74, 6) is 4.91. The first-order valence-corrected chi connectivity index (χ1v) is 21.0. The van der Waals surface area contributed by atoms with Gasteiger partial charge in [0, 0.05) is 11.0 Å². The van der Waals surface area contributed by atoms with Crippen LogP contribution in [-0.2, 0) is 0 Å². The quantitative estimate of drug-likeness (QED) is 0.0999. The van der Waals surface area contributed by atoms with E-state index in [1.165, 1.54) is 160 Å². The summed E-state index contributed by atoms with van der Waals surface area (Å²) in [6.07, 6.45) is 32.4. The molecule has 0 spiro atoms. The van der Waals surface area contributed by atoms with Crippen LogP contribution in [0.3, 0.4) is 0 Å². The van der Waals surface area contributed by atoms with E-state index >= 15 is 0 Å². The summed E-state index contributed by atoms with van der Waals surface area (Å²) in [7, 11) is 0. The van der Waals surface area contributed by atoms with Crippen molar-refractivity contribution in [3.63, 3.8) is 0 Å². The monoisotopic (exact) mass is 629 g/mol. The van der Waals surface area contributed by atoms with Crippen LogP contribution in [0.4, 0.5) is 0 Å². The number of nitrogens with zero attached hydrogens (tertiary/aromatic N) is 1. The van der Waals surface area contributed by atoms with Gasteiger partial charge in [-0.05, 0) is 87.4 Å². The second-order valence-electron chi connectivity index (χ2n) is 16.8. The van der Waals surface area contributed by atoms with Crippen LogP contribution in [0, 0.1) is 35.0 Å². The van der Waals surface area contributed by atoms with E-state index in [4.69, 9.17) is 4.99 Å². The molecule has 0 saturated carbocycles. The fraction of sp³-hybridized carbons (Fsp3) is 0.977. The van der Waals surface area contributed by atoms with Crippen molar-refractivity contribution in [2.75, 3.05) is 0 Å². The molecule has 2 aliphatic rings. The highest BCUT2D eigenvalue weighted by atomic mass is 15.1. The van der Waals surface area contributed by atoms with Crippen LogP contribution in [0.25, 0.3) is 0 Å². The predicted octanol–water partition coefficient (Wildman–Crippen LogP) is 14.1. The number of nitrogens with one attached hydrogen (secondary N) is 1. The van der Waals surface area contributed by atoms with Gasteiger partial charge in [-0.15, -0.1) is 0 Å². The Kier molecular flexibility index (Phi) is 18.7. The van der Waals surface area contributed by atoms with E-state index in [-0.39, 0.29) is 16.5 Å². The van der Waals surface area contributed by atoms with Crippen molar-refractivity contribution in [2.24, 2.45) is 40.0 Å². The van der Waals surface area contributed by atoms with Crippen LogP contribution in [-0.4, -0.2) is 16.9 Å². The summed E-state index contributed by atoms with van der Waals surface area (Å²) >= 11 is 0. The fourth-order valence-electron chi connectivity index (χ4n) is 9.97. The molecule has 2 heteroatoms. The first-order chi connectivity index (χ1) is 21.6. The molecular weight excluding hydrogens is 544 g/mol. The van der Waals surface area contributed by atoms with Gasteiger partial charge in [0.2, 0.25) is 0 Å². The van der Waals surface area contributed by atoms with Gasteiger partial charge in [-0.3, -0.25) is 4.99 Å². The molecule has 0 aromatic heterocycles. The van der Waals surface area contributed by atoms with Gasteiger partial charge in [-0.1, -0.05) is 166 Å². The third-order valence-electron chi connectivity index (χ3n) is 13.7. The van der Waals surface area contributed by atoms with Crippen molar-refractivity contribution in [3.8, 4) is 0 Å². The van der Waals surface area contributed by atoms with Gasteiger partial charge in [-0.25, -0.2) is 0 Å². The van der Waals surface area contributed by atoms with E-state index in [1.54, 1.807) is 0 Å². The highest BCUT2D eigenvalue weighted by molar-refractivity contribution is 5.91. The molecule has 0 aromatic carbocycles. The molecule has 2 rings (SSSR count). The maximum absolute atomic E-state index is 6.27. The van der Waals surface area contributed by atoms with E-state index in [2.05, 4.69) is 74.6 Å². The SMILES string of the molecule is CCCCCC(C)C12CCC(C(C)CCCCC)(C(C)CCCCC)N=C1NC(C(C)CCCCC)(C(C)CCCCC)CC2. The minimum Gasteiger partial charge on any atom is -0.367 e. The zero-order valence-electron chi connectivity index (χ0n) is 32.8. The van der Waals surface area contributed by atoms with Gasteiger partial charge in [0.05, 0.1) is 5.54 Å². The molecule has 6 atom stereocenters. The highest BCUT2D eigenvalue weighted by Crippen LogP contribution is 2.56. The van der Waals surface area contributed by atoms with Crippen LogP contribution in [0.5, 0.6) is 0 Å². The minimum atomic E-state index is 0.0937.